The monoisotopic (exact) mass is 509 g/mol. The van der Waals surface area contributed by atoms with Gasteiger partial charge in [0.05, 0.1) is 24.9 Å². The Hall–Kier alpha value is -1.06. The highest BCUT2D eigenvalue weighted by Gasteiger charge is 2.03. The molecule has 0 spiro atoms. The van der Waals surface area contributed by atoms with E-state index in [1.54, 1.807) is 25.1 Å². The van der Waals surface area contributed by atoms with Gasteiger partial charge in [-0.15, -0.1) is 24.0 Å². The second-order valence-corrected chi connectivity index (χ2v) is 6.70. The predicted octanol–water partition coefficient (Wildman–Crippen LogP) is 4.20. The van der Waals surface area contributed by atoms with Gasteiger partial charge >= 0.3 is 0 Å². The van der Waals surface area contributed by atoms with Gasteiger partial charge in [-0.2, -0.15) is 11.8 Å². The second kappa shape index (κ2) is 13.2. The van der Waals surface area contributed by atoms with Crippen molar-refractivity contribution in [3.8, 4) is 5.75 Å². The molecule has 1 aromatic heterocycles. The molecule has 0 saturated heterocycles. The van der Waals surface area contributed by atoms with Crippen LogP contribution in [0.2, 0.25) is 5.02 Å². The molecule has 0 aliphatic heterocycles. The van der Waals surface area contributed by atoms with Gasteiger partial charge in [0, 0.05) is 25.3 Å². The molecule has 5 nitrogen and oxygen atoms in total. The molecule has 1 aromatic carbocycles. The molecule has 2 N–H and O–H groups in total. The largest absolute Gasteiger partial charge is 0.495 e. The van der Waals surface area contributed by atoms with E-state index in [9.17, 15) is 0 Å². The summed E-state index contributed by atoms with van der Waals surface area (Å²) in [5.41, 5.74) is 1.03. The van der Waals surface area contributed by atoms with Crippen molar-refractivity contribution in [1.82, 2.24) is 10.6 Å². The molecular weight excluding hydrogens is 485 g/mol. The Kier molecular flexibility index (Phi) is 11.6. The summed E-state index contributed by atoms with van der Waals surface area (Å²) in [5.74, 6) is 3.43. The van der Waals surface area contributed by atoms with Gasteiger partial charge in [-0.3, -0.25) is 0 Å². The van der Waals surface area contributed by atoms with Gasteiger partial charge in [-0.25, -0.2) is 4.99 Å². The third-order valence-electron chi connectivity index (χ3n) is 3.48. The highest BCUT2D eigenvalue weighted by Crippen LogP contribution is 2.25. The van der Waals surface area contributed by atoms with Crippen LogP contribution in [0, 0.1) is 0 Å². The lowest BCUT2D eigenvalue weighted by atomic mass is 10.2. The summed E-state index contributed by atoms with van der Waals surface area (Å²) in [6.07, 6.45) is 4.58. The molecule has 0 radical (unpaired) electrons. The highest BCUT2D eigenvalue weighted by molar-refractivity contribution is 14.0. The van der Waals surface area contributed by atoms with Crippen molar-refractivity contribution < 1.29 is 9.15 Å². The van der Waals surface area contributed by atoms with Crippen molar-refractivity contribution in [3.63, 3.8) is 0 Å². The number of benzene rings is 1. The van der Waals surface area contributed by atoms with Crippen LogP contribution in [0.5, 0.6) is 5.75 Å². The molecule has 0 aliphatic carbocycles. The van der Waals surface area contributed by atoms with E-state index in [0.717, 1.165) is 42.5 Å². The molecule has 0 unspecified atom stereocenters. The fraction of sp³-hybridized carbons (Fsp3) is 0.389. The normalized spacial score (nSPS) is 11.0. The summed E-state index contributed by atoms with van der Waals surface area (Å²) in [6, 6.07) is 9.58. The summed E-state index contributed by atoms with van der Waals surface area (Å²) in [7, 11) is 1.61. The Morgan fingerprint density at radius 2 is 2.08 bits per heavy atom. The van der Waals surface area contributed by atoms with Crippen molar-refractivity contribution in [2.24, 2.45) is 4.99 Å². The van der Waals surface area contributed by atoms with Crippen LogP contribution in [0.4, 0.5) is 0 Å². The average molecular weight is 510 g/mol. The molecule has 2 aromatic rings. The molecule has 0 amide bonds. The van der Waals surface area contributed by atoms with Crippen molar-refractivity contribution in [2.45, 2.75) is 13.0 Å². The fourth-order valence-corrected chi connectivity index (χ4v) is 2.77. The van der Waals surface area contributed by atoms with Crippen molar-refractivity contribution in [3.05, 3.63) is 52.9 Å². The van der Waals surface area contributed by atoms with E-state index >= 15 is 0 Å². The lowest BCUT2D eigenvalue weighted by molar-refractivity contribution is 0.415. The van der Waals surface area contributed by atoms with Crippen molar-refractivity contribution in [1.29, 1.82) is 0 Å². The SMILES string of the molecule is COc1ccc(CN=C(NCCSC)NCCc2ccco2)cc1Cl.I. The molecule has 8 heteroatoms. The molecular formula is C18H25ClIN3O2S. The smallest absolute Gasteiger partial charge is 0.191 e. The van der Waals surface area contributed by atoms with Crippen LogP contribution in [0.25, 0.3) is 0 Å². The van der Waals surface area contributed by atoms with Gasteiger partial charge in [0.15, 0.2) is 5.96 Å². The first-order valence-corrected chi connectivity index (χ1v) is 9.86. The first kappa shape index (κ1) is 23.0. The van der Waals surface area contributed by atoms with Crippen LogP contribution < -0.4 is 15.4 Å². The Labute approximate surface area is 181 Å². The molecule has 0 aliphatic rings. The van der Waals surface area contributed by atoms with Crippen LogP contribution >= 0.6 is 47.3 Å². The third-order valence-corrected chi connectivity index (χ3v) is 4.39. The van der Waals surface area contributed by atoms with Gasteiger partial charge in [0.2, 0.25) is 0 Å². The van der Waals surface area contributed by atoms with E-state index in [4.69, 9.17) is 20.8 Å². The summed E-state index contributed by atoms with van der Waals surface area (Å²) >= 11 is 7.96. The Balaban J connectivity index is 0.00000338. The summed E-state index contributed by atoms with van der Waals surface area (Å²) < 4.78 is 10.5. The minimum Gasteiger partial charge on any atom is -0.495 e. The Morgan fingerprint density at radius 3 is 2.73 bits per heavy atom. The number of hydrogen-bond donors (Lipinski definition) is 2. The number of halogens is 2. The van der Waals surface area contributed by atoms with Crippen LogP contribution in [0.3, 0.4) is 0 Å². The third kappa shape index (κ3) is 8.09. The van der Waals surface area contributed by atoms with E-state index in [0.29, 0.717) is 17.3 Å². The van der Waals surface area contributed by atoms with Gasteiger partial charge in [-0.1, -0.05) is 17.7 Å². The second-order valence-electron chi connectivity index (χ2n) is 5.31. The number of rotatable bonds is 9. The van der Waals surface area contributed by atoms with Gasteiger partial charge < -0.3 is 19.8 Å². The van der Waals surface area contributed by atoms with E-state index in [1.165, 1.54) is 0 Å². The first-order chi connectivity index (χ1) is 12.2. The van der Waals surface area contributed by atoms with Crippen molar-refractivity contribution >= 4 is 53.3 Å². The molecule has 0 bridgehead atoms. The fourth-order valence-electron chi connectivity index (χ4n) is 2.18. The lowest BCUT2D eigenvalue weighted by Gasteiger charge is -2.12. The van der Waals surface area contributed by atoms with Crippen LogP contribution in [0.15, 0.2) is 46.0 Å². The number of methoxy groups -OCH3 is 1. The van der Waals surface area contributed by atoms with Crippen molar-refractivity contribution in [2.75, 3.05) is 32.2 Å². The van der Waals surface area contributed by atoms with E-state index in [1.807, 2.05) is 30.3 Å². The molecule has 0 atom stereocenters. The number of thioether (sulfide) groups is 1. The van der Waals surface area contributed by atoms with Crippen LogP contribution in [-0.4, -0.2) is 38.2 Å². The highest BCUT2D eigenvalue weighted by atomic mass is 127. The number of furan rings is 1. The number of nitrogens with one attached hydrogen (secondary N) is 2. The zero-order chi connectivity index (χ0) is 17.9. The minimum atomic E-state index is 0. The zero-order valence-corrected chi connectivity index (χ0v) is 18.9. The molecule has 0 saturated carbocycles. The van der Waals surface area contributed by atoms with E-state index < -0.39 is 0 Å². The summed E-state index contributed by atoms with van der Waals surface area (Å²) in [6.45, 7) is 2.15. The van der Waals surface area contributed by atoms with Gasteiger partial charge in [0.1, 0.15) is 11.5 Å². The first-order valence-electron chi connectivity index (χ1n) is 8.09. The molecule has 2 rings (SSSR count). The van der Waals surface area contributed by atoms with E-state index in [2.05, 4.69) is 21.9 Å². The minimum absolute atomic E-state index is 0. The molecule has 144 valence electrons. The summed E-state index contributed by atoms with van der Waals surface area (Å²) in [4.78, 5) is 4.64. The summed E-state index contributed by atoms with van der Waals surface area (Å²) in [5, 5.41) is 7.27. The maximum Gasteiger partial charge on any atom is 0.191 e. The quantitative estimate of drug-likeness (QED) is 0.230. The average Bonchev–Trinajstić information content (AvgIpc) is 3.13. The zero-order valence-electron chi connectivity index (χ0n) is 15.0. The molecule has 0 fully saturated rings. The topological polar surface area (TPSA) is 58.8 Å². The number of nitrogens with zero attached hydrogens (tertiary/aromatic N) is 1. The maximum atomic E-state index is 6.17. The molecule has 26 heavy (non-hydrogen) atoms. The van der Waals surface area contributed by atoms with E-state index in [-0.39, 0.29) is 24.0 Å². The number of guanidine groups is 1. The van der Waals surface area contributed by atoms with Gasteiger partial charge in [-0.05, 0) is 36.1 Å². The standard InChI is InChI=1S/C18H24ClN3O2S.HI/c1-23-17-6-5-14(12-16(17)19)13-22-18(21-9-11-25-2)20-8-7-15-4-3-10-24-15;/h3-6,10,12H,7-9,11,13H2,1-2H3,(H2,20,21,22);1H. The predicted molar refractivity (Wildman–Crippen MR) is 121 cm³/mol. The Morgan fingerprint density at radius 1 is 1.27 bits per heavy atom. The molecule has 1 heterocycles. The maximum absolute atomic E-state index is 6.17. The lowest BCUT2D eigenvalue weighted by Crippen LogP contribution is -2.39. The number of ether oxygens (including phenoxy) is 1. The van der Waals surface area contributed by atoms with Crippen LogP contribution in [0.1, 0.15) is 11.3 Å². The van der Waals surface area contributed by atoms with Crippen LogP contribution in [-0.2, 0) is 13.0 Å². The van der Waals surface area contributed by atoms with Gasteiger partial charge in [0.25, 0.3) is 0 Å². The number of hydrogen-bond acceptors (Lipinski definition) is 4. The Bertz CT molecular complexity index is 668. The number of aliphatic imine (C=N–C) groups is 1.